The van der Waals surface area contributed by atoms with Gasteiger partial charge in [0.25, 0.3) is 0 Å². The third kappa shape index (κ3) is 2.15. The Morgan fingerprint density at radius 1 is 1.00 bits per heavy atom. The summed E-state index contributed by atoms with van der Waals surface area (Å²) in [5.74, 6) is 0. The third-order valence-electron chi connectivity index (χ3n) is 2.79. The Labute approximate surface area is 113 Å². The molecule has 0 atom stereocenters. The van der Waals surface area contributed by atoms with Crippen molar-refractivity contribution in [3.05, 3.63) is 64.7 Å². The molecule has 0 saturated carbocycles. The van der Waals surface area contributed by atoms with E-state index in [1.807, 2.05) is 54.6 Å². The Morgan fingerprint density at radius 2 is 1.68 bits per heavy atom. The molecule has 2 aromatic carbocycles. The molecule has 0 spiro atoms. The number of hydrogen-bond donors (Lipinski definition) is 1. The van der Waals surface area contributed by atoms with E-state index in [0.29, 0.717) is 5.69 Å². The van der Waals surface area contributed by atoms with E-state index in [2.05, 4.69) is 5.32 Å². The topological polar surface area (TPSA) is 55.2 Å². The Kier molecular flexibility index (Phi) is 2.89. The zero-order chi connectivity index (χ0) is 13.2. The van der Waals surface area contributed by atoms with Crippen molar-refractivity contribution in [1.29, 1.82) is 0 Å². The first-order chi connectivity index (χ1) is 9.25. The summed E-state index contributed by atoms with van der Waals surface area (Å²) < 4.78 is 0.910. The van der Waals surface area contributed by atoms with Gasteiger partial charge in [0.2, 0.25) is 0 Å². The molecule has 4 nitrogen and oxygen atoms in total. The summed E-state index contributed by atoms with van der Waals surface area (Å²) >= 11 is 1.19. The van der Waals surface area contributed by atoms with Crippen molar-refractivity contribution in [2.45, 2.75) is 0 Å². The standard InChI is InChI=1S/C14H10N2O2S/c17-16(18)14-13(15-10-6-2-1-3-7-10)11-8-4-5-9-12(11)19-14/h1-9,15H. The lowest BCUT2D eigenvalue weighted by Gasteiger charge is -2.04. The Hall–Kier alpha value is -2.40. The van der Waals surface area contributed by atoms with Gasteiger partial charge in [-0.05, 0) is 18.2 Å². The molecule has 0 bridgehead atoms. The van der Waals surface area contributed by atoms with E-state index in [-0.39, 0.29) is 9.92 Å². The van der Waals surface area contributed by atoms with Gasteiger partial charge in [-0.1, -0.05) is 47.7 Å². The smallest absolute Gasteiger partial charge is 0.348 e. The summed E-state index contributed by atoms with van der Waals surface area (Å²) in [4.78, 5) is 10.8. The van der Waals surface area contributed by atoms with Gasteiger partial charge in [-0.15, -0.1) is 0 Å². The zero-order valence-corrected chi connectivity index (χ0v) is 10.7. The minimum absolute atomic E-state index is 0.144. The summed E-state index contributed by atoms with van der Waals surface area (Å²) in [6, 6.07) is 17.0. The summed E-state index contributed by atoms with van der Waals surface area (Å²) in [6.07, 6.45) is 0. The molecule has 0 saturated heterocycles. The predicted molar refractivity (Wildman–Crippen MR) is 78.2 cm³/mol. The Balaban J connectivity index is 2.15. The summed E-state index contributed by atoms with van der Waals surface area (Å²) in [6.45, 7) is 0. The third-order valence-corrected chi connectivity index (χ3v) is 3.91. The van der Waals surface area contributed by atoms with Crippen molar-refractivity contribution < 1.29 is 4.92 Å². The molecule has 1 N–H and O–H groups in total. The lowest BCUT2D eigenvalue weighted by atomic mass is 10.2. The molecule has 19 heavy (non-hydrogen) atoms. The van der Waals surface area contributed by atoms with Crippen LogP contribution < -0.4 is 5.32 Å². The molecule has 1 aromatic heterocycles. The van der Waals surface area contributed by atoms with Gasteiger partial charge in [0.15, 0.2) is 0 Å². The molecular formula is C14H10N2O2S. The van der Waals surface area contributed by atoms with Crippen LogP contribution in [0, 0.1) is 10.1 Å². The van der Waals surface area contributed by atoms with Crippen LogP contribution in [-0.2, 0) is 0 Å². The first kappa shape index (κ1) is 11.7. The van der Waals surface area contributed by atoms with Gasteiger partial charge in [0.1, 0.15) is 5.69 Å². The van der Waals surface area contributed by atoms with Crippen LogP contribution in [0.5, 0.6) is 0 Å². The molecule has 0 unspecified atom stereocenters. The van der Waals surface area contributed by atoms with Crippen LogP contribution in [0.15, 0.2) is 54.6 Å². The van der Waals surface area contributed by atoms with E-state index in [9.17, 15) is 10.1 Å². The molecule has 5 heteroatoms. The van der Waals surface area contributed by atoms with E-state index in [0.717, 1.165) is 15.8 Å². The van der Waals surface area contributed by atoms with Crippen molar-refractivity contribution in [2.75, 3.05) is 5.32 Å². The van der Waals surface area contributed by atoms with Crippen molar-refractivity contribution >= 4 is 37.8 Å². The fraction of sp³-hybridized carbons (Fsp3) is 0. The maximum absolute atomic E-state index is 11.2. The number of hydrogen-bond acceptors (Lipinski definition) is 4. The number of fused-ring (bicyclic) bond motifs is 1. The van der Waals surface area contributed by atoms with E-state index < -0.39 is 0 Å². The largest absolute Gasteiger partial charge is 0.349 e. The van der Waals surface area contributed by atoms with Crippen molar-refractivity contribution in [3.63, 3.8) is 0 Å². The van der Waals surface area contributed by atoms with Crippen LogP contribution in [-0.4, -0.2) is 4.92 Å². The first-order valence-corrected chi connectivity index (χ1v) is 6.55. The predicted octanol–water partition coefficient (Wildman–Crippen LogP) is 4.55. The van der Waals surface area contributed by atoms with E-state index in [1.165, 1.54) is 11.3 Å². The van der Waals surface area contributed by atoms with Crippen LogP contribution in [0.1, 0.15) is 0 Å². The van der Waals surface area contributed by atoms with Crippen LogP contribution in [0.25, 0.3) is 10.1 Å². The number of anilines is 2. The Bertz CT molecular complexity index is 738. The van der Waals surface area contributed by atoms with E-state index in [1.54, 1.807) is 0 Å². The normalized spacial score (nSPS) is 10.5. The summed E-state index contributed by atoms with van der Waals surface area (Å²) in [7, 11) is 0. The monoisotopic (exact) mass is 270 g/mol. The molecule has 0 aliphatic carbocycles. The number of benzene rings is 2. The van der Waals surface area contributed by atoms with Crippen molar-refractivity contribution in [1.82, 2.24) is 0 Å². The lowest BCUT2D eigenvalue weighted by Crippen LogP contribution is -1.93. The van der Waals surface area contributed by atoms with Gasteiger partial charge in [0.05, 0.1) is 4.92 Å². The summed E-state index contributed by atoms with van der Waals surface area (Å²) in [5, 5.41) is 15.3. The summed E-state index contributed by atoms with van der Waals surface area (Å²) in [5.41, 5.74) is 1.41. The fourth-order valence-corrected chi connectivity index (χ4v) is 2.92. The molecule has 3 rings (SSSR count). The van der Waals surface area contributed by atoms with Gasteiger partial charge >= 0.3 is 5.00 Å². The molecule has 0 radical (unpaired) electrons. The number of para-hydroxylation sites is 1. The number of thiophene rings is 1. The SMILES string of the molecule is O=[N+]([O-])c1sc2ccccc2c1Nc1ccccc1. The average molecular weight is 270 g/mol. The van der Waals surface area contributed by atoms with Crippen molar-refractivity contribution in [3.8, 4) is 0 Å². The van der Waals surface area contributed by atoms with E-state index >= 15 is 0 Å². The van der Waals surface area contributed by atoms with E-state index in [4.69, 9.17) is 0 Å². The quantitative estimate of drug-likeness (QED) is 0.561. The highest BCUT2D eigenvalue weighted by Crippen LogP contribution is 2.42. The molecule has 0 fully saturated rings. The highest BCUT2D eigenvalue weighted by Gasteiger charge is 2.21. The molecule has 0 aliphatic rings. The lowest BCUT2D eigenvalue weighted by molar-refractivity contribution is -0.379. The van der Waals surface area contributed by atoms with Crippen LogP contribution in [0.3, 0.4) is 0 Å². The second-order valence-electron chi connectivity index (χ2n) is 4.03. The number of nitro groups is 1. The molecule has 1 heterocycles. The van der Waals surface area contributed by atoms with Crippen LogP contribution in [0.2, 0.25) is 0 Å². The first-order valence-electron chi connectivity index (χ1n) is 5.74. The van der Waals surface area contributed by atoms with Gasteiger partial charge in [-0.2, -0.15) is 0 Å². The second kappa shape index (κ2) is 4.70. The van der Waals surface area contributed by atoms with Gasteiger partial charge < -0.3 is 5.32 Å². The van der Waals surface area contributed by atoms with Crippen LogP contribution in [0.4, 0.5) is 16.4 Å². The highest BCUT2D eigenvalue weighted by atomic mass is 32.1. The van der Waals surface area contributed by atoms with Crippen LogP contribution >= 0.6 is 11.3 Å². The number of nitrogens with zero attached hydrogens (tertiary/aromatic N) is 1. The van der Waals surface area contributed by atoms with Gasteiger partial charge in [-0.3, -0.25) is 10.1 Å². The second-order valence-corrected chi connectivity index (χ2v) is 5.06. The van der Waals surface area contributed by atoms with Crippen molar-refractivity contribution in [2.24, 2.45) is 0 Å². The maximum Gasteiger partial charge on any atom is 0.348 e. The number of nitrogens with one attached hydrogen (secondary N) is 1. The Morgan fingerprint density at radius 3 is 2.42 bits per heavy atom. The minimum Gasteiger partial charge on any atom is -0.349 e. The average Bonchev–Trinajstić information content (AvgIpc) is 2.79. The molecular weight excluding hydrogens is 260 g/mol. The minimum atomic E-state index is -0.337. The number of rotatable bonds is 3. The van der Waals surface area contributed by atoms with Gasteiger partial charge in [-0.25, -0.2) is 0 Å². The molecule has 94 valence electrons. The highest BCUT2D eigenvalue weighted by molar-refractivity contribution is 7.23. The van der Waals surface area contributed by atoms with Gasteiger partial charge in [0, 0.05) is 15.8 Å². The maximum atomic E-state index is 11.2. The molecule has 0 amide bonds. The zero-order valence-electron chi connectivity index (χ0n) is 9.87. The fourth-order valence-electron chi connectivity index (χ4n) is 1.95. The molecule has 3 aromatic rings. The molecule has 0 aliphatic heterocycles.